The highest BCUT2D eigenvalue weighted by molar-refractivity contribution is 7.89. The topological polar surface area (TPSA) is 71.1 Å². The van der Waals surface area contributed by atoms with Crippen LogP contribution in [0.1, 0.15) is 12.6 Å². The summed E-state index contributed by atoms with van der Waals surface area (Å²) in [4.78, 5) is 3.96. The third kappa shape index (κ3) is 4.20. The Balaban J connectivity index is 2.80. The van der Waals surface area contributed by atoms with Crippen LogP contribution in [0.5, 0.6) is 0 Å². The highest BCUT2D eigenvalue weighted by Crippen LogP contribution is 2.19. The molecule has 0 fully saturated rings. The van der Waals surface area contributed by atoms with Crippen LogP contribution in [0.15, 0.2) is 17.0 Å². The Hall–Kier alpha value is -0.690. The van der Waals surface area contributed by atoms with E-state index in [1.54, 1.807) is 13.0 Å². The number of aromatic nitrogens is 1. The number of hydrogen-bond acceptors (Lipinski definition) is 4. The first-order valence-electron chi connectivity index (χ1n) is 5.64. The molecule has 0 spiro atoms. The van der Waals surface area contributed by atoms with Crippen LogP contribution >= 0.6 is 11.6 Å². The molecule has 0 bridgehead atoms. The number of nitrogens with zero attached hydrogens (tertiary/aromatic N) is 1. The second kappa shape index (κ2) is 6.47. The first-order chi connectivity index (χ1) is 8.36. The van der Waals surface area contributed by atoms with E-state index in [-0.39, 0.29) is 16.0 Å². The van der Waals surface area contributed by atoms with E-state index < -0.39 is 10.0 Å². The zero-order valence-corrected chi connectivity index (χ0v) is 12.3. The smallest absolute Gasteiger partial charge is 0.243 e. The zero-order valence-electron chi connectivity index (χ0n) is 10.7. The first-order valence-corrected chi connectivity index (χ1v) is 7.50. The molecule has 1 aromatic heterocycles. The fourth-order valence-corrected chi connectivity index (χ4v) is 3.14. The summed E-state index contributed by atoms with van der Waals surface area (Å²) in [6.07, 6.45) is 0. The second-order valence-electron chi connectivity index (χ2n) is 4.26. The van der Waals surface area contributed by atoms with Crippen molar-refractivity contribution in [1.82, 2.24) is 15.0 Å². The first kappa shape index (κ1) is 15.4. The number of aryl methyl sites for hydroxylation is 1. The lowest BCUT2D eigenvalue weighted by atomic mass is 10.2. The van der Waals surface area contributed by atoms with Crippen molar-refractivity contribution in [1.29, 1.82) is 0 Å². The number of pyridine rings is 1. The largest absolute Gasteiger partial charge is 0.319 e. The molecule has 0 aliphatic carbocycles. The molecule has 0 radical (unpaired) electrons. The number of rotatable bonds is 6. The molecule has 7 heteroatoms. The number of hydrogen-bond donors (Lipinski definition) is 2. The van der Waals surface area contributed by atoms with E-state index in [0.717, 1.165) is 6.54 Å². The van der Waals surface area contributed by atoms with Crippen LogP contribution in [0.4, 0.5) is 0 Å². The van der Waals surface area contributed by atoms with Gasteiger partial charge in [-0.1, -0.05) is 18.5 Å². The lowest BCUT2D eigenvalue weighted by molar-refractivity contribution is 0.519. The summed E-state index contributed by atoms with van der Waals surface area (Å²) in [6, 6.07) is 3.09. The van der Waals surface area contributed by atoms with Gasteiger partial charge in [0.2, 0.25) is 10.0 Å². The standard InChI is InChI=1S/C11H18ClN3O2S/c1-8(6-13-3)7-14-18(16,17)10-5-4-9(2)15-11(10)12/h4-5,8,13-14H,6-7H2,1-3H3/t8-/m0/s1. The summed E-state index contributed by atoms with van der Waals surface area (Å²) in [7, 11) is -1.77. The van der Waals surface area contributed by atoms with E-state index in [0.29, 0.717) is 12.2 Å². The number of nitrogens with one attached hydrogen (secondary N) is 2. The van der Waals surface area contributed by atoms with Crippen LogP contribution < -0.4 is 10.0 Å². The Bertz CT molecular complexity index is 505. The van der Waals surface area contributed by atoms with Crippen molar-refractivity contribution in [3.05, 3.63) is 23.0 Å². The SMILES string of the molecule is CNC[C@H](C)CNS(=O)(=O)c1ccc(C)nc1Cl. The molecule has 5 nitrogen and oxygen atoms in total. The van der Waals surface area contributed by atoms with Crippen molar-refractivity contribution in [2.75, 3.05) is 20.1 Å². The van der Waals surface area contributed by atoms with Gasteiger partial charge in [0.05, 0.1) is 0 Å². The number of sulfonamides is 1. The van der Waals surface area contributed by atoms with Crippen LogP contribution in [0, 0.1) is 12.8 Å². The Morgan fingerprint density at radius 2 is 2.06 bits per heavy atom. The maximum absolute atomic E-state index is 12.0. The van der Waals surface area contributed by atoms with Gasteiger partial charge in [-0.25, -0.2) is 18.1 Å². The van der Waals surface area contributed by atoms with Crippen molar-refractivity contribution < 1.29 is 8.42 Å². The highest BCUT2D eigenvalue weighted by Gasteiger charge is 2.19. The summed E-state index contributed by atoms with van der Waals surface area (Å²) in [6.45, 7) is 4.80. The highest BCUT2D eigenvalue weighted by atomic mass is 35.5. The van der Waals surface area contributed by atoms with Crippen molar-refractivity contribution in [3.63, 3.8) is 0 Å². The molecular formula is C11H18ClN3O2S. The Labute approximate surface area is 113 Å². The summed E-state index contributed by atoms with van der Waals surface area (Å²) in [5, 5.41) is 2.99. The Morgan fingerprint density at radius 1 is 1.39 bits per heavy atom. The molecular weight excluding hydrogens is 274 g/mol. The molecule has 18 heavy (non-hydrogen) atoms. The zero-order chi connectivity index (χ0) is 13.8. The summed E-state index contributed by atoms with van der Waals surface area (Å²) in [5.41, 5.74) is 0.683. The van der Waals surface area contributed by atoms with Crippen LogP contribution in [0.3, 0.4) is 0 Å². The molecule has 102 valence electrons. The normalized spacial score (nSPS) is 13.6. The van der Waals surface area contributed by atoms with E-state index in [2.05, 4.69) is 15.0 Å². The molecule has 0 saturated heterocycles. The van der Waals surface area contributed by atoms with Crippen LogP contribution in [-0.4, -0.2) is 33.5 Å². The van der Waals surface area contributed by atoms with E-state index in [1.165, 1.54) is 6.07 Å². The van der Waals surface area contributed by atoms with Gasteiger partial charge in [0.25, 0.3) is 0 Å². The molecule has 1 aromatic rings. The Morgan fingerprint density at radius 3 is 2.61 bits per heavy atom. The number of halogens is 1. The summed E-state index contributed by atoms with van der Waals surface area (Å²) >= 11 is 5.85. The molecule has 1 atom stereocenters. The minimum absolute atomic E-state index is 0.00349. The quantitative estimate of drug-likeness (QED) is 0.772. The third-order valence-corrected chi connectivity index (χ3v) is 4.27. The van der Waals surface area contributed by atoms with Gasteiger partial charge in [-0.2, -0.15) is 0 Å². The molecule has 2 N–H and O–H groups in total. The van der Waals surface area contributed by atoms with Gasteiger partial charge in [0.15, 0.2) is 0 Å². The average molecular weight is 292 g/mol. The van der Waals surface area contributed by atoms with Gasteiger partial charge in [0.1, 0.15) is 10.0 Å². The molecule has 0 aliphatic rings. The summed E-state index contributed by atoms with van der Waals surface area (Å²) < 4.78 is 26.6. The molecule has 0 saturated carbocycles. The van der Waals surface area contributed by atoms with Gasteiger partial charge < -0.3 is 5.32 Å². The summed E-state index contributed by atoms with van der Waals surface area (Å²) in [5.74, 6) is 0.196. The van der Waals surface area contributed by atoms with Crippen LogP contribution in [0.2, 0.25) is 5.15 Å². The average Bonchev–Trinajstić information content (AvgIpc) is 2.26. The molecule has 0 unspecified atom stereocenters. The molecule has 0 aliphatic heterocycles. The maximum atomic E-state index is 12.0. The lowest BCUT2D eigenvalue weighted by Crippen LogP contribution is -2.32. The molecule has 0 amide bonds. The predicted octanol–water partition coefficient (Wildman–Crippen LogP) is 1.18. The van der Waals surface area contributed by atoms with Crippen molar-refractivity contribution in [2.24, 2.45) is 5.92 Å². The van der Waals surface area contributed by atoms with E-state index in [1.807, 2.05) is 14.0 Å². The lowest BCUT2D eigenvalue weighted by Gasteiger charge is -2.13. The van der Waals surface area contributed by atoms with Crippen molar-refractivity contribution >= 4 is 21.6 Å². The van der Waals surface area contributed by atoms with Gasteiger partial charge >= 0.3 is 0 Å². The third-order valence-electron chi connectivity index (χ3n) is 2.42. The van der Waals surface area contributed by atoms with E-state index in [4.69, 9.17) is 11.6 Å². The minimum Gasteiger partial charge on any atom is -0.319 e. The van der Waals surface area contributed by atoms with Gasteiger partial charge in [0, 0.05) is 12.2 Å². The maximum Gasteiger partial charge on any atom is 0.243 e. The van der Waals surface area contributed by atoms with Gasteiger partial charge in [-0.3, -0.25) is 0 Å². The van der Waals surface area contributed by atoms with Crippen LogP contribution in [-0.2, 0) is 10.0 Å². The van der Waals surface area contributed by atoms with Crippen LogP contribution in [0.25, 0.3) is 0 Å². The fourth-order valence-electron chi connectivity index (χ4n) is 1.46. The van der Waals surface area contributed by atoms with E-state index in [9.17, 15) is 8.42 Å². The fraction of sp³-hybridized carbons (Fsp3) is 0.545. The van der Waals surface area contributed by atoms with Crippen molar-refractivity contribution in [3.8, 4) is 0 Å². The predicted molar refractivity (Wildman–Crippen MR) is 72.3 cm³/mol. The minimum atomic E-state index is -3.59. The van der Waals surface area contributed by atoms with Crippen molar-refractivity contribution in [2.45, 2.75) is 18.7 Å². The van der Waals surface area contributed by atoms with E-state index >= 15 is 0 Å². The van der Waals surface area contributed by atoms with Gasteiger partial charge in [-0.15, -0.1) is 0 Å². The molecule has 1 heterocycles. The monoisotopic (exact) mass is 291 g/mol. The second-order valence-corrected chi connectivity index (χ2v) is 6.35. The molecule has 0 aromatic carbocycles. The molecule has 1 rings (SSSR count). The Kier molecular flexibility index (Phi) is 5.52. The van der Waals surface area contributed by atoms with Gasteiger partial charge in [-0.05, 0) is 38.6 Å².